The zero-order chi connectivity index (χ0) is 17.3. The molecule has 1 aromatic heterocycles. The largest absolute Gasteiger partial charge is 0.368 e. The van der Waals surface area contributed by atoms with E-state index >= 15 is 0 Å². The summed E-state index contributed by atoms with van der Waals surface area (Å²) in [5, 5.41) is 0. The Bertz CT molecular complexity index is 753. The van der Waals surface area contributed by atoms with E-state index in [1.165, 1.54) is 12.1 Å². The van der Waals surface area contributed by atoms with Crippen molar-refractivity contribution in [3.05, 3.63) is 60.2 Å². The molecule has 1 saturated carbocycles. The van der Waals surface area contributed by atoms with Gasteiger partial charge >= 0.3 is 0 Å². The lowest BCUT2D eigenvalue weighted by molar-refractivity contribution is -0.141. The minimum absolute atomic E-state index is 0.165. The fourth-order valence-electron chi connectivity index (χ4n) is 3.97. The van der Waals surface area contributed by atoms with Crippen LogP contribution in [0.4, 0.5) is 10.1 Å². The topological polar surface area (TPSA) is 36.4 Å². The Balaban J connectivity index is 1.48. The maximum absolute atomic E-state index is 13.7. The molecule has 4 nitrogen and oxygen atoms in total. The predicted molar refractivity (Wildman–Crippen MR) is 95.0 cm³/mol. The number of halogens is 1. The number of hydrogen-bond acceptors (Lipinski definition) is 3. The molecule has 0 radical (unpaired) electrons. The number of benzene rings is 1. The highest BCUT2D eigenvalue weighted by Crippen LogP contribution is 2.45. The lowest BCUT2D eigenvalue weighted by Crippen LogP contribution is -2.56. The summed E-state index contributed by atoms with van der Waals surface area (Å²) in [5.41, 5.74) is 1.46. The summed E-state index contributed by atoms with van der Waals surface area (Å²) in [5.74, 6) is -0.0993. The molecule has 2 heterocycles. The van der Waals surface area contributed by atoms with Gasteiger partial charge in [-0.05, 0) is 42.7 Å². The van der Waals surface area contributed by atoms with E-state index in [4.69, 9.17) is 0 Å². The van der Waals surface area contributed by atoms with Crippen LogP contribution in [0.15, 0.2) is 48.8 Å². The number of hydrogen-bond donors (Lipinski definition) is 0. The molecule has 4 rings (SSSR count). The van der Waals surface area contributed by atoms with Crippen LogP contribution < -0.4 is 4.90 Å². The van der Waals surface area contributed by atoms with Crippen LogP contribution in [0.1, 0.15) is 24.8 Å². The van der Waals surface area contributed by atoms with E-state index in [1.807, 2.05) is 23.1 Å². The minimum atomic E-state index is -0.513. The zero-order valence-electron chi connectivity index (χ0n) is 14.2. The van der Waals surface area contributed by atoms with Crippen LogP contribution in [0.5, 0.6) is 0 Å². The van der Waals surface area contributed by atoms with Gasteiger partial charge in [0, 0.05) is 44.3 Å². The van der Waals surface area contributed by atoms with Crippen LogP contribution in [-0.4, -0.2) is 42.0 Å². The molecule has 1 aliphatic carbocycles. The van der Waals surface area contributed by atoms with Gasteiger partial charge in [-0.25, -0.2) is 4.39 Å². The Labute approximate surface area is 147 Å². The number of pyridine rings is 1. The van der Waals surface area contributed by atoms with Gasteiger partial charge in [-0.2, -0.15) is 0 Å². The van der Waals surface area contributed by atoms with Crippen LogP contribution in [-0.2, 0) is 10.2 Å². The summed E-state index contributed by atoms with van der Waals surface area (Å²) in [6.45, 7) is 3.04. The SMILES string of the molecule is O=C(N1CCN(c2ccncc2)CC1)C1(c2cccc(F)c2)CCC1. The number of anilines is 1. The summed E-state index contributed by atoms with van der Waals surface area (Å²) in [6.07, 6.45) is 6.25. The first-order valence-electron chi connectivity index (χ1n) is 8.89. The van der Waals surface area contributed by atoms with E-state index < -0.39 is 5.41 Å². The standard InChI is InChI=1S/C20H22FN3O/c21-17-4-1-3-16(15-17)20(7-2-8-20)19(25)24-13-11-23(12-14-24)18-5-9-22-10-6-18/h1,3-6,9-10,15H,2,7-8,11-14H2. The zero-order valence-corrected chi connectivity index (χ0v) is 14.2. The van der Waals surface area contributed by atoms with Crippen molar-refractivity contribution in [2.75, 3.05) is 31.1 Å². The van der Waals surface area contributed by atoms with E-state index in [-0.39, 0.29) is 11.7 Å². The molecule has 0 unspecified atom stereocenters. The van der Waals surface area contributed by atoms with Gasteiger partial charge in [0.15, 0.2) is 0 Å². The Morgan fingerprint density at radius 3 is 2.36 bits per heavy atom. The summed E-state index contributed by atoms with van der Waals surface area (Å²) in [4.78, 5) is 21.5. The first kappa shape index (κ1) is 16.1. The third kappa shape index (κ3) is 2.88. The van der Waals surface area contributed by atoms with E-state index in [0.29, 0.717) is 13.1 Å². The van der Waals surface area contributed by atoms with Gasteiger partial charge in [0.25, 0.3) is 0 Å². The molecule has 1 aliphatic heterocycles. The van der Waals surface area contributed by atoms with Crippen molar-refractivity contribution in [3.8, 4) is 0 Å². The van der Waals surface area contributed by atoms with E-state index in [0.717, 1.165) is 43.6 Å². The molecule has 0 N–H and O–H groups in total. The van der Waals surface area contributed by atoms with E-state index in [9.17, 15) is 9.18 Å². The first-order chi connectivity index (χ1) is 12.2. The highest BCUT2D eigenvalue weighted by molar-refractivity contribution is 5.89. The normalized spacial score (nSPS) is 19.4. The highest BCUT2D eigenvalue weighted by atomic mass is 19.1. The number of carbonyl (C=O) groups is 1. The van der Waals surface area contributed by atoms with Crippen LogP contribution in [0, 0.1) is 5.82 Å². The fraction of sp³-hybridized carbons (Fsp3) is 0.400. The summed E-state index contributed by atoms with van der Waals surface area (Å²) < 4.78 is 13.7. The average Bonchev–Trinajstić information content (AvgIpc) is 2.62. The van der Waals surface area contributed by atoms with Crippen LogP contribution in [0.2, 0.25) is 0 Å². The van der Waals surface area contributed by atoms with Crippen molar-refractivity contribution < 1.29 is 9.18 Å². The van der Waals surface area contributed by atoms with Crippen molar-refractivity contribution in [1.82, 2.24) is 9.88 Å². The van der Waals surface area contributed by atoms with Gasteiger partial charge < -0.3 is 9.80 Å². The molecule has 25 heavy (non-hydrogen) atoms. The lowest BCUT2D eigenvalue weighted by atomic mass is 9.63. The molecule has 2 fully saturated rings. The molecule has 1 aromatic carbocycles. The number of aromatic nitrogens is 1. The number of rotatable bonds is 3. The Hall–Kier alpha value is -2.43. The van der Waals surface area contributed by atoms with Crippen LogP contribution in [0.25, 0.3) is 0 Å². The molecule has 1 amide bonds. The second-order valence-corrected chi connectivity index (χ2v) is 6.93. The number of carbonyl (C=O) groups excluding carboxylic acids is 1. The predicted octanol–water partition coefficient (Wildman–Crippen LogP) is 2.99. The molecule has 2 aromatic rings. The molecule has 1 saturated heterocycles. The molecule has 0 atom stereocenters. The first-order valence-corrected chi connectivity index (χ1v) is 8.89. The van der Waals surface area contributed by atoms with Crippen LogP contribution in [0.3, 0.4) is 0 Å². The monoisotopic (exact) mass is 339 g/mol. The van der Waals surface area contributed by atoms with Gasteiger partial charge in [-0.1, -0.05) is 18.6 Å². The average molecular weight is 339 g/mol. The van der Waals surface area contributed by atoms with Crippen molar-refractivity contribution in [2.45, 2.75) is 24.7 Å². The van der Waals surface area contributed by atoms with Gasteiger partial charge in [0.05, 0.1) is 5.41 Å². The Morgan fingerprint density at radius 2 is 1.76 bits per heavy atom. The molecule has 130 valence electrons. The van der Waals surface area contributed by atoms with Gasteiger partial charge in [0.1, 0.15) is 5.82 Å². The molecule has 0 spiro atoms. The molecular weight excluding hydrogens is 317 g/mol. The van der Waals surface area contributed by atoms with Crippen molar-refractivity contribution in [2.24, 2.45) is 0 Å². The fourth-order valence-corrected chi connectivity index (χ4v) is 3.97. The molecule has 5 heteroatoms. The Morgan fingerprint density at radius 1 is 1.04 bits per heavy atom. The van der Waals surface area contributed by atoms with Crippen molar-refractivity contribution in [3.63, 3.8) is 0 Å². The van der Waals surface area contributed by atoms with Crippen molar-refractivity contribution >= 4 is 11.6 Å². The second kappa shape index (κ2) is 6.47. The molecule has 2 aliphatic rings. The lowest BCUT2D eigenvalue weighted by Gasteiger charge is -2.46. The summed E-state index contributed by atoms with van der Waals surface area (Å²) in [6, 6.07) is 10.6. The van der Waals surface area contributed by atoms with Crippen LogP contribution >= 0.6 is 0 Å². The third-order valence-corrected chi connectivity index (χ3v) is 5.59. The quantitative estimate of drug-likeness (QED) is 0.863. The van der Waals surface area contributed by atoms with Gasteiger partial charge in [0.2, 0.25) is 5.91 Å². The van der Waals surface area contributed by atoms with E-state index in [1.54, 1.807) is 18.5 Å². The maximum Gasteiger partial charge on any atom is 0.233 e. The number of nitrogens with zero attached hydrogens (tertiary/aromatic N) is 3. The van der Waals surface area contributed by atoms with Gasteiger partial charge in [-0.3, -0.25) is 9.78 Å². The summed E-state index contributed by atoms with van der Waals surface area (Å²) >= 11 is 0. The molecular formula is C20H22FN3O. The van der Waals surface area contributed by atoms with Gasteiger partial charge in [-0.15, -0.1) is 0 Å². The molecule has 0 bridgehead atoms. The number of amides is 1. The highest BCUT2D eigenvalue weighted by Gasteiger charge is 2.48. The maximum atomic E-state index is 13.7. The Kier molecular flexibility index (Phi) is 4.15. The third-order valence-electron chi connectivity index (χ3n) is 5.59. The van der Waals surface area contributed by atoms with E-state index in [2.05, 4.69) is 9.88 Å². The van der Waals surface area contributed by atoms with Crippen molar-refractivity contribution in [1.29, 1.82) is 0 Å². The summed E-state index contributed by atoms with van der Waals surface area (Å²) in [7, 11) is 0. The second-order valence-electron chi connectivity index (χ2n) is 6.93. The number of piperazine rings is 1. The smallest absolute Gasteiger partial charge is 0.233 e. The minimum Gasteiger partial charge on any atom is -0.368 e.